The molecule has 0 fully saturated rings. The van der Waals surface area contributed by atoms with Gasteiger partial charge in [-0.1, -0.05) is 12.1 Å². The molecule has 0 saturated heterocycles. The van der Waals surface area contributed by atoms with Gasteiger partial charge in [-0.05, 0) is 45.4 Å². The molecule has 0 radical (unpaired) electrons. The summed E-state index contributed by atoms with van der Waals surface area (Å²) in [5.41, 5.74) is 3.36. The molecule has 0 aliphatic heterocycles. The topological polar surface area (TPSA) is 29.9 Å². The lowest BCUT2D eigenvalue weighted by molar-refractivity contribution is 0.423. The van der Waals surface area contributed by atoms with Gasteiger partial charge in [0.2, 0.25) is 0 Å². The van der Waals surface area contributed by atoms with E-state index in [9.17, 15) is 4.39 Å². The van der Waals surface area contributed by atoms with E-state index in [2.05, 4.69) is 37.4 Å². The number of benzene rings is 1. The third-order valence-corrected chi connectivity index (χ3v) is 3.12. The molecule has 1 heterocycles. The van der Waals surface area contributed by atoms with Crippen molar-refractivity contribution >= 4 is 0 Å². The second-order valence-electron chi connectivity index (χ2n) is 6.17. The average Bonchev–Trinajstić information content (AvgIpc) is 2.69. The van der Waals surface area contributed by atoms with Crippen LogP contribution in [0.1, 0.15) is 37.6 Å². The molecule has 3 nitrogen and oxygen atoms in total. The van der Waals surface area contributed by atoms with Gasteiger partial charge in [0.1, 0.15) is 5.82 Å². The van der Waals surface area contributed by atoms with E-state index in [1.807, 2.05) is 11.6 Å². The molecular weight excluding hydrogens is 253 g/mol. The first-order chi connectivity index (χ1) is 9.33. The highest BCUT2D eigenvalue weighted by Crippen LogP contribution is 2.11. The van der Waals surface area contributed by atoms with Gasteiger partial charge in [0, 0.05) is 23.8 Å². The first kappa shape index (κ1) is 14.7. The van der Waals surface area contributed by atoms with Gasteiger partial charge >= 0.3 is 0 Å². The Hall–Kier alpha value is -1.68. The molecule has 108 valence electrons. The van der Waals surface area contributed by atoms with E-state index in [4.69, 9.17) is 0 Å². The summed E-state index contributed by atoms with van der Waals surface area (Å²) in [5.74, 6) is -0.208. The fourth-order valence-electron chi connectivity index (χ4n) is 1.95. The predicted octanol–water partition coefficient (Wildman–Crippen LogP) is 3.27. The van der Waals surface area contributed by atoms with Crippen LogP contribution in [0.4, 0.5) is 4.39 Å². The van der Waals surface area contributed by atoms with Crippen LogP contribution < -0.4 is 5.32 Å². The summed E-state index contributed by atoms with van der Waals surface area (Å²) in [6.07, 6.45) is 2.05. The van der Waals surface area contributed by atoms with E-state index in [0.29, 0.717) is 6.54 Å². The summed E-state index contributed by atoms with van der Waals surface area (Å²) in [6.45, 7) is 9.91. The Bertz CT molecular complexity index is 564. The number of aromatic nitrogens is 2. The van der Waals surface area contributed by atoms with Crippen molar-refractivity contribution in [2.45, 2.75) is 46.3 Å². The molecule has 0 aliphatic rings. The molecule has 1 aromatic carbocycles. The van der Waals surface area contributed by atoms with Crippen LogP contribution in [-0.4, -0.2) is 15.3 Å². The molecule has 0 spiro atoms. The average molecular weight is 275 g/mol. The molecule has 0 unspecified atom stereocenters. The monoisotopic (exact) mass is 275 g/mol. The van der Waals surface area contributed by atoms with Crippen molar-refractivity contribution in [3.8, 4) is 0 Å². The summed E-state index contributed by atoms with van der Waals surface area (Å²) in [4.78, 5) is 0. The van der Waals surface area contributed by atoms with Gasteiger partial charge in [0.05, 0.1) is 12.2 Å². The van der Waals surface area contributed by atoms with Gasteiger partial charge in [0.15, 0.2) is 0 Å². The van der Waals surface area contributed by atoms with Crippen LogP contribution >= 0.6 is 0 Å². The van der Waals surface area contributed by atoms with Crippen LogP contribution in [-0.2, 0) is 13.1 Å². The van der Waals surface area contributed by atoms with E-state index < -0.39 is 0 Å². The summed E-state index contributed by atoms with van der Waals surface area (Å²) >= 11 is 0. The van der Waals surface area contributed by atoms with Crippen LogP contribution in [0.5, 0.6) is 0 Å². The highest BCUT2D eigenvalue weighted by atomic mass is 19.1. The zero-order valence-electron chi connectivity index (χ0n) is 12.6. The fourth-order valence-corrected chi connectivity index (χ4v) is 1.95. The number of nitrogens with one attached hydrogen (secondary N) is 1. The van der Waals surface area contributed by atoms with Gasteiger partial charge < -0.3 is 5.32 Å². The van der Waals surface area contributed by atoms with E-state index in [1.165, 1.54) is 17.7 Å². The van der Waals surface area contributed by atoms with Crippen molar-refractivity contribution in [2.24, 2.45) is 0 Å². The first-order valence-corrected chi connectivity index (χ1v) is 6.86. The standard InChI is InChI=1S/C16H22FN3/c1-12-14(9-18-16(2,3)4)11-20(19-12)10-13-5-7-15(17)8-6-13/h5-8,11,18H,9-10H2,1-4H3. The Labute approximate surface area is 119 Å². The molecule has 0 atom stereocenters. The Kier molecular flexibility index (Phi) is 4.23. The van der Waals surface area contributed by atoms with Crippen molar-refractivity contribution in [3.05, 3.63) is 53.1 Å². The molecule has 0 aliphatic carbocycles. The summed E-state index contributed by atoms with van der Waals surface area (Å²) < 4.78 is 14.8. The molecule has 2 aromatic rings. The minimum Gasteiger partial charge on any atom is -0.308 e. The van der Waals surface area contributed by atoms with Crippen molar-refractivity contribution in [1.29, 1.82) is 0 Å². The molecule has 1 N–H and O–H groups in total. The third-order valence-electron chi connectivity index (χ3n) is 3.12. The van der Waals surface area contributed by atoms with E-state index in [1.54, 1.807) is 12.1 Å². The van der Waals surface area contributed by atoms with Gasteiger partial charge in [-0.3, -0.25) is 4.68 Å². The molecule has 0 amide bonds. The SMILES string of the molecule is Cc1nn(Cc2ccc(F)cc2)cc1CNC(C)(C)C. The molecule has 4 heteroatoms. The van der Waals surface area contributed by atoms with E-state index in [0.717, 1.165) is 17.8 Å². The largest absolute Gasteiger partial charge is 0.308 e. The smallest absolute Gasteiger partial charge is 0.123 e. The maximum absolute atomic E-state index is 12.9. The Morgan fingerprint density at radius 2 is 1.85 bits per heavy atom. The molecule has 1 aromatic heterocycles. The van der Waals surface area contributed by atoms with Crippen LogP contribution in [0.3, 0.4) is 0 Å². The lowest BCUT2D eigenvalue weighted by Gasteiger charge is -2.20. The number of nitrogens with zero attached hydrogens (tertiary/aromatic N) is 2. The number of aryl methyl sites for hydroxylation is 1. The van der Waals surface area contributed by atoms with Crippen molar-refractivity contribution < 1.29 is 4.39 Å². The lowest BCUT2D eigenvalue weighted by Crippen LogP contribution is -2.35. The maximum Gasteiger partial charge on any atom is 0.123 e. The Balaban J connectivity index is 2.05. The summed E-state index contributed by atoms with van der Waals surface area (Å²) in [5, 5.41) is 7.97. The number of halogens is 1. The van der Waals surface area contributed by atoms with E-state index >= 15 is 0 Å². The van der Waals surface area contributed by atoms with Crippen molar-refractivity contribution in [1.82, 2.24) is 15.1 Å². The summed E-state index contributed by atoms with van der Waals surface area (Å²) in [7, 11) is 0. The van der Waals surface area contributed by atoms with Crippen molar-refractivity contribution in [2.75, 3.05) is 0 Å². The lowest BCUT2D eigenvalue weighted by atomic mass is 10.1. The zero-order chi connectivity index (χ0) is 14.8. The predicted molar refractivity (Wildman–Crippen MR) is 79.1 cm³/mol. The normalized spacial score (nSPS) is 11.8. The van der Waals surface area contributed by atoms with Crippen LogP contribution in [0.2, 0.25) is 0 Å². The second-order valence-corrected chi connectivity index (χ2v) is 6.17. The van der Waals surface area contributed by atoms with Crippen LogP contribution in [0, 0.1) is 12.7 Å². The van der Waals surface area contributed by atoms with E-state index in [-0.39, 0.29) is 11.4 Å². The quantitative estimate of drug-likeness (QED) is 0.928. The van der Waals surface area contributed by atoms with Gasteiger partial charge in [0.25, 0.3) is 0 Å². The second kappa shape index (κ2) is 5.75. The van der Waals surface area contributed by atoms with Gasteiger partial charge in [-0.25, -0.2) is 4.39 Å². The molecular formula is C16H22FN3. The number of hydrogen-bond donors (Lipinski definition) is 1. The maximum atomic E-state index is 12.9. The number of rotatable bonds is 4. The molecule has 20 heavy (non-hydrogen) atoms. The highest BCUT2D eigenvalue weighted by Gasteiger charge is 2.11. The molecule has 0 bridgehead atoms. The number of hydrogen-bond acceptors (Lipinski definition) is 2. The minimum absolute atomic E-state index is 0.0888. The zero-order valence-corrected chi connectivity index (χ0v) is 12.6. The van der Waals surface area contributed by atoms with Gasteiger partial charge in [-0.15, -0.1) is 0 Å². The fraction of sp³-hybridized carbons (Fsp3) is 0.438. The van der Waals surface area contributed by atoms with Crippen LogP contribution in [0.25, 0.3) is 0 Å². The van der Waals surface area contributed by atoms with Crippen molar-refractivity contribution in [3.63, 3.8) is 0 Å². The highest BCUT2D eigenvalue weighted by molar-refractivity contribution is 5.19. The molecule has 2 rings (SSSR count). The van der Waals surface area contributed by atoms with Gasteiger partial charge in [-0.2, -0.15) is 5.10 Å². The third kappa shape index (κ3) is 4.17. The minimum atomic E-state index is -0.208. The Morgan fingerprint density at radius 3 is 2.45 bits per heavy atom. The Morgan fingerprint density at radius 1 is 1.20 bits per heavy atom. The molecule has 0 saturated carbocycles. The summed E-state index contributed by atoms with van der Waals surface area (Å²) in [6, 6.07) is 6.54. The first-order valence-electron chi connectivity index (χ1n) is 6.86. The van der Waals surface area contributed by atoms with Crippen LogP contribution in [0.15, 0.2) is 30.5 Å².